The van der Waals surface area contributed by atoms with E-state index in [-0.39, 0.29) is 5.92 Å². The number of halogens is 2. The molecular weight excluding hydrogens is 433 g/mol. The molecule has 1 fully saturated rings. The van der Waals surface area contributed by atoms with Crippen molar-refractivity contribution in [3.8, 4) is 5.75 Å². The van der Waals surface area contributed by atoms with E-state index in [0.717, 1.165) is 43.5 Å². The molecule has 0 amide bonds. The van der Waals surface area contributed by atoms with E-state index in [1.165, 1.54) is 22.3 Å². The first-order valence-corrected chi connectivity index (χ1v) is 11.5. The lowest BCUT2D eigenvalue weighted by Crippen LogP contribution is -2.50. The number of nitrogens with zero attached hydrogens (tertiary/aromatic N) is 1. The number of fused-ring (bicyclic) bond motifs is 1. The monoisotopic (exact) mass is 459 g/mol. The highest BCUT2D eigenvalue weighted by atomic mass is 35.5. The van der Waals surface area contributed by atoms with Crippen molar-refractivity contribution in [2.45, 2.75) is 32.6 Å². The van der Waals surface area contributed by atoms with Crippen LogP contribution in [0.5, 0.6) is 5.75 Å². The average Bonchev–Trinajstić information content (AvgIpc) is 2.70. The smallest absolute Gasteiger partial charge is 0.309 e. The second kappa shape index (κ2) is 9.64. The largest absolute Gasteiger partial charge is 0.494 e. The number of allylic oxidation sites excluding steroid dienone is 1. The predicted octanol–water partition coefficient (Wildman–Crippen LogP) is 5.74. The van der Waals surface area contributed by atoms with Crippen molar-refractivity contribution in [2.24, 2.45) is 5.92 Å². The summed E-state index contributed by atoms with van der Waals surface area (Å²) in [6.07, 6.45) is 3.75. The molecule has 0 unspecified atom stereocenters. The normalized spacial score (nSPS) is 16.7. The van der Waals surface area contributed by atoms with E-state index in [0.29, 0.717) is 29.7 Å². The second-order valence-electron chi connectivity index (χ2n) is 8.46. The first kappa shape index (κ1) is 22.2. The van der Waals surface area contributed by atoms with E-state index in [9.17, 15) is 4.79 Å². The molecule has 4 rings (SSSR count). The minimum absolute atomic E-state index is 0.202. The van der Waals surface area contributed by atoms with Gasteiger partial charge in [-0.1, -0.05) is 40.9 Å². The van der Waals surface area contributed by atoms with Gasteiger partial charge in [-0.15, -0.1) is 0 Å². The molecule has 1 aliphatic carbocycles. The average molecular weight is 460 g/mol. The highest BCUT2D eigenvalue weighted by Crippen LogP contribution is 2.34. The summed E-state index contributed by atoms with van der Waals surface area (Å²) in [5, 5.41) is 10.4. The van der Waals surface area contributed by atoms with Gasteiger partial charge in [-0.25, -0.2) is 0 Å². The highest BCUT2D eigenvalue weighted by Gasteiger charge is 2.33. The fourth-order valence-electron chi connectivity index (χ4n) is 4.40. The molecule has 2 aromatic carbocycles. The summed E-state index contributed by atoms with van der Waals surface area (Å²) in [6, 6.07) is 12.0. The lowest BCUT2D eigenvalue weighted by Gasteiger charge is -2.38. The van der Waals surface area contributed by atoms with Gasteiger partial charge in [-0.05, 0) is 79.1 Å². The van der Waals surface area contributed by atoms with E-state index >= 15 is 0 Å². The molecular formula is C25H27Cl2NO3. The number of likely N-dealkylation sites (tertiary alicyclic amines) is 1. The Hall–Kier alpha value is -2.01. The van der Waals surface area contributed by atoms with Crippen molar-refractivity contribution in [1.29, 1.82) is 0 Å². The summed E-state index contributed by atoms with van der Waals surface area (Å²) in [5.74, 6) is 0.0242. The number of aryl methyl sites for hydroxylation is 2. The van der Waals surface area contributed by atoms with Crippen molar-refractivity contribution >= 4 is 34.7 Å². The van der Waals surface area contributed by atoms with Crippen LogP contribution in [0.2, 0.25) is 10.0 Å². The highest BCUT2D eigenvalue weighted by molar-refractivity contribution is 6.35. The standard InChI is InChI=1S/C25H27Cl2NO3/c1-16-19(13-28-14-20(15-28)25(29)30)5-4-18-11-22(8-9-23(16)18)31-10-2-3-17-6-7-21(26)12-24(17)27/h6-9,11-12,20H,2-5,10,13-15H2,1H3,(H,29,30). The predicted molar refractivity (Wildman–Crippen MR) is 125 cm³/mol. The quantitative estimate of drug-likeness (QED) is 0.511. The van der Waals surface area contributed by atoms with Crippen LogP contribution < -0.4 is 4.74 Å². The minimum Gasteiger partial charge on any atom is -0.494 e. The van der Waals surface area contributed by atoms with Crippen molar-refractivity contribution in [1.82, 2.24) is 4.90 Å². The van der Waals surface area contributed by atoms with E-state index in [4.69, 9.17) is 33.0 Å². The molecule has 0 radical (unpaired) electrons. The Bertz CT molecular complexity index is 1010. The van der Waals surface area contributed by atoms with Crippen LogP contribution in [0.15, 0.2) is 42.0 Å². The zero-order valence-electron chi connectivity index (χ0n) is 17.7. The molecule has 31 heavy (non-hydrogen) atoms. The Labute approximate surface area is 193 Å². The maximum atomic E-state index is 11.0. The zero-order valence-corrected chi connectivity index (χ0v) is 19.2. The van der Waals surface area contributed by atoms with Gasteiger partial charge in [-0.2, -0.15) is 0 Å². The lowest BCUT2D eigenvalue weighted by atomic mass is 9.85. The number of ether oxygens (including phenoxy) is 1. The van der Waals surface area contributed by atoms with Crippen LogP contribution in [0, 0.1) is 5.92 Å². The van der Waals surface area contributed by atoms with Crippen LogP contribution in [-0.2, 0) is 17.6 Å². The molecule has 2 aromatic rings. The van der Waals surface area contributed by atoms with Gasteiger partial charge in [0.15, 0.2) is 0 Å². The van der Waals surface area contributed by atoms with Crippen molar-refractivity contribution in [3.63, 3.8) is 0 Å². The maximum absolute atomic E-state index is 11.0. The number of hydrogen-bond acceptors (Lipinski definition) is 3. The van der Waals surface area contributed by atoms with Gasteiger partial charge in [0.2, 0.25) is 0 Å². The summed E-state index contributed by atoms with van der Waals surface area (Å²) in [6.45, 7) is 5.01. The van der Waals surface area contributed by atoms with Crippen molar-refractivity contribution in [3.05, 3.63) is 68.7 Å². The molecule has 0 spiro atoms. The van der Waals surface area contributed by atoms with Gasteiger partial charge in [0.05, 0.1) is 12.5 Å². The molecule has 164 valence electrons. The fourth-order valence-corrected chi connectivity index (χ4v) is 4.90. The van der Waals surface area contributed by atoms with Crippen LogP contribution in [0.1, 0.15) is 36.5 Å². The molecule has 0 bridgehead atoms. The molecule has 0 saturated carbocycles. The number of benzene rings is 2. The third-order valence-electron chi connectivity index (χ3n) is 6.30. The van der Waals surface area contributed by atoms with Gasteiger partial charge in [0, 0.05) is 29.7 Å². The topological polar surface area (TPSA) is 49.8 Å². The van der Waals surface area contributed by atoms with Crippen LogP contribution in [0.4, 0.5) is 0 Å². The lowest BCUT2D eigenvalue weighted by molar-refractivity contribution is -0.147. The Balaban J connectivity index is 1.31. The summed E-state index contributed by atoms with van der Waals surface area (Å²) < 4.78 is 6.00. The van der Waals surface area contributed by atoms with Crippen LogP contribution in [0.3, 0.4) is 0 Å². The first-order chi connectivity index (χ1) is 14.9. The number of hydrogen-bond donors (Lipinski definition) is 1. The molecule has 0 aromatic heterocycles. The van der Waals surface area contributed by atoms with E-state index < -0.39 is 5.97 Å². The Kier molecular flexibility index (Phi) is 6.90. The first-order valence-electron chi connectivity index (χ1n) is 10.7. The summed E-state index contributed by atoms with van der Waals surface area (Å²) in [7, 11) is 0. The summed E-state index contributed by atoms with van der Waals surface area (Å²) in [5.41, 5.74) is 6.45. The van der Waals surface area contributed by atoms with E-state index in [1.807, 2.05) is 18.2 Å². The zero-order chi connectivity index (χ0) is 22.0. The van der Waals surface area contributed by atoms with Gasteiger partial charge < -0.3 is 9.84 Å². The number of rotatable bonds is 8. The number of carboxylic acid groups (broad SMARTS) is 1. The van der Waals surface area contributed by atoms with E-state index in [2.05, 4.69) is 24.0 Å². The Morgan fingerprint density at radius 3 is 2.71 bits per heavy atom. The third-order valence-corrected chi connectivity index (χ3v) is 6.89. The third kappa shape index (κ3) is 5.25. The Morgan fingerprint density at radius 1 is 1.16 bits per heavy atom. The van der Waals surface area contributed by atoms with Gasteiger partial charge in [0.25, 0.3) is 0 Å². The molecule has 1 aliphatic heterocycles. The van der Waals surface area contributed by atoms with Crippen molar-refractivity contribution < 1.29 is 14.6 Å². The molecule has 1 heterocycles. The molecule has 4 nitrogen and oxygen atoms in total. The van der Waals surface area contributed by atoms with Crippen LogP contribution in [-0.4, -0.2) is 42.2 Å². The SMILES string of the molecule is CC1=C(CN2CC(C(=O)O)C2)CCc2cc(OCCCc3ccc(Cl)cc3Cl)ccc21. The molecule has 0 atom stereocenters. The minimum atomic E-state index is -0.681. The number of carbonyl (C=O) groups is 1. The Morgan fingerprint density at radius 2 is 1.97 bits per heavy atom. The van der Waals surface area contributed by atoms with E-state index in [1.54, 1.807) is 6.07 Å². The maximum Gasteiger partial charge on any atom is 0.309 e. The van der Waals surface area contributed by atoms with Crippen LogP contribution in [0.25, 0.3) is 5.57 Å². The number of aliphatic carboxylic acids is 1. The van der Waals surface area contributed by atoms with Gasteiger partial charge >= 0.3 is 5.97 Å². The summed E-state index contributed by atoms with van der Waals surface area (Å²) >= 11 is 12.2. The van der Waals surface area contributed by atoms with Crippen molar-refractivity contribution in [2.75, 3.05) is 26.2 Å². The molecule has 1 saturated heterocycles. The molecule has 1 N–H and O–H groups in total. The summed E-state index contributed by atoms with van der Waals surface area (Å²) in [4.78, 5) is 13.2. The van der Waals surface area contributed by atoms with Gasteiger partial charge in [0.1, 0.15) is 5.75 Å². The number of carboxylic acids is 1. The second-order valence-corrected chi connectivity index (χ2v) is 9.31. The van der Waals surface area contributed by atoms with Gasteiger partial charge in [-0.3, -0.25) is 9.69 Å². The molecule has 2 aliphatic rings. The molecule has 6 heteroatoms. The van der Waals surface area contributed by atoms with Crippen LogP contribution >= 0.6 is 23.2 Å². The fraction of sp³-hybridized carbons (Fsp3) is 0.400.